The van der Waals surface area contributed by atoms with Gasteiger partial charge in [0.25, 0.3) is 0 Å². The Morgan fingerprint density at radius 3 is 2.72 bits per heavy atom. The molecule has 0 unspecified atom stereocenters. The summed E-state index contributed by atoms with van der Waals surface area (Å²) < 4.78 is 5.89. The van der Waals surface area contributed by atoms with Crippen LogP contribution in [0.1, 0.15) is 23.7 Å². The summed E-state index contributed by atoms with van der Waals surface area (Å²) in [4.78, 5) is 33.9. The van der Waals surface area contributed by atoms with Crippen molar-refractivity contribution in [1.29, 1.82) is 0 Å². The van der Waals surface area contributed by atoms with Crippen LogP contribution in [-0.2, 0) is 6.54 Å². The summed E-state index contributed by atoms with van der Waals surface area (Å²) in [6, 6.07) is 4.03. The third-order valence-corrected chi connectivity index (χ3v) is 2.60. The normalized spacial score (nSPS) is 10.7. The summed E-state index contributed by atoms with van der Waals surface area (Å²) in [5, 5.41) is 8.96. The van der Waals surface area contributed by atoms with E-state index in [4.69, 9.17) is 5.11 Å². The highest BCUT2D eigenvalue weighted by Gasteiger charge is 2.11. The molecular weight excluding hydrogens is 238 g/mol. The van der Waals surface area contributed by atoms with E-state index in [1.807, 2.05) is 6.92 Å². The number of benzene rings is 1. The number of aromatic nitrogens is 1. The molecule has 2 aromatic rings. The first kappa shape index (κ1) is 12.1. The molecule has 0 saturated carbocycles. The van der Waals surface area contributed by atoms with Gasteiger partial charge in [0.2, 0.25) is 0 Å². The molecule has 1 aromatic carbocycles. The van der Waals surface area contributed by atoms with Crippen LogP contribution in [0.5, 0.6) is 0 Å². The quantitative estimate of drug-likeness (QED) is 0.878. The van der Waals surface area contributed by atoms with Crippen LogP contribution in [0.3, 0.4) is 0 Å². The van der Waals surface area contributed by atoms with Crippen LogP contribution in [0.4, 0.5) is 0 Å². The monoisotopic (exact) mass is 249 g/mol. The molecule has 1 N–H and O–H groups in total. The van der Waals surface area contributed by atoms with Gasteiger partial charge in [0.05, 0.1) is 16.5 Å². The summed E-state index contributed by atoms with van der Waals surface area (Å²) in [6.07, 6.45) is 0.698. The van der Waals surface area contributed by atoms with Gasteiger partial charge in [0.1, 0.15) is 0 Å². The first-order valence-electron chi connectivity index (χ1n) is 5.45. The number of aromatic carboxylic acids is 1. The highest BCUT2D eigenvalue weighted by atomic mass is 16.4. The Kier molecular flexibility index (Phi) is 3.01. The number of aryl methyl sites for hydroxylation is 1. The van der Waals surface area contributed by atoms with Crippen molar-refractivity contribution in [2.45, 2.75) is 19.9 Å². The third kappa shape index (κ3) is 1.92. The van der Waals surface area contributed by atoms with Crippen molar-refractivity contribution < 1.29 is 14.3 Å². The lowest BCUT2D eigenvalue weighted by molar-refractivity contribution is 0.0697. The average molecular weight is 249 g/mol. The van der Waals surface area contributed by atoms with Gasteiger partial charge in [-0.3, -0.25) is 4.57 Å². The molecule has 1 aromatic heterocycles. The van der Waals surface area contributed by atoms with E-state index in [0.29, 0.717) is 18.5 Å². The lowest BCUT2D eigenvalue weighted by atomic mass is 10.1. The summed E-state index contributed by atoms with van der Waals surface area (Å²) in [7, 11) is 0. The molecule has 0 amide bonds. The Morgan fingerprint density at radius 1 is 1.39 bits per heavy atom. The molecule has 0 aliphatic carbocycles. The number of fused-ring (bicyclic) bond motifs is 1. The molecule has 0 fully saturated rings. The molecule has 18 heavy (non-hydrogen) atoms. The van der Waals surface area contributed by atoms with E-state index < -0.39 is 17.4 Å². The number of carboxylic acids is 1. The number of nitrogens with zero attached hydrogens (tertiary/aromatic N) is 1. The Balaban J connectivity index is 2.85. The maximum Gasteiger partial charge on any atom is 0.422 e. The molecule has 1 heterocycles. The molecule has 6 nitrogen and oxygen atoms in total. The molecule has 94 valence electrons. The molecule has 2 rings (SSSR count). The van der Waals surface area contributed by atoms with Crippen molar-refractivity contribution >= 4 is 16.9 Å². The van der Waals surface area contributed by atoms with Crippen LogP contribution >= 0.6 is 0 Å². The summed E-state index contributed by atoms with van der Waals surface area (Å²) in [6.45, 7) is 2.29. The topological polar surface area (TPSA) is 89.5 Å². The smallest absolute Gasteiger partial charge is 0.422 e. The number of carbonyl (C=O) groups is 1. The fourth-order valence-corrected chi connectivity index (χ4v) is 1.79. The zero-order chi connectivity index (χ0) is 13.3. The molecule has 0 bridgehead atoms. The van der Waals surface area contributed by atoms with Crippen LogP contribution in [0, 0.1) is 0 Å². The van der Waals surface area contributed by atoms with Crippen molar-refractivity contribution in [2.24, 2.45) is 0 Å². The number of rotatable bonds is 3. The van der Waals surface area contributed by atoms with Gasteiger partial charge in [-0.1, -0.05) is 6.92 Å². The highest BCUT2D eigenvalue weighted by molar-refractivity contribution is 5.92. The summed E-state index contributed by atoms with van der Waals surface area (Å²) >= 11 is 0. The molecule has 0 aliphatic rings. The van der Waals surface area contributed by atoms with Crippen LogP contribution in [0.15, 0.2) is 32.2 Å². The summed E-state index contributed by atoms with van der Waals surface area (Å²) in [5.41, 5.74) is -0.440. The minimum atomic E-state index is -1.13. The van der Waals surface area contributed by atoms with E-state index in [1.54, 1.807) is 0 Å². The summed E-state index contributed by atoms with van der Waals surface area (Å²) in [5.74, 6) is -1.86. The predicted molar refractivity (Wildman–Crippen MR) is 64.0 cm³/mol. The Labute approximate surface area is 101 Å². The second kappa shape index (κ2) is 4.48. The standard InChI is InChI=1S/C12H11NO5/c1-2-5-13-9-4-3-7(10(14)15)6-8(9)11(16)18-12(13)17/h3-4,6H,2,5H2,1H3,(H,14,15). The van der Waals surface area contributed by atoms with Crippen LogP contribution < -0.4 is 11.4 Å². The van der Waals surface area contributed by atoms with E-state index in [9.17, 15) is 14.4 Å². The number of hydrogen-bond donors (Lipinski definition) is 1. The number of hydrogen-bond acceptors (Lipinski definition) is 4. The largest absolute Gasteiger partial charge is 0.478 e. The van der Waals surface area contributed by atoms with Crippen molar-refractivity contribution in [2.75, 3.05) is 0 Å². The van der Waals surface area contributed by atoms with Crippen LogP contribution in [0.25, 0.3) is 10.9 Å². The van der Waals surface area contributed by atoms with E-state index in [-0.39, 0.29) is 10.9 Å². The van der Waals surface area contributed by atoms with Crippen molar-refractivity contribution in [3.05, 3.63) is 44.7 Å². The molecule has 6 heteroatoms. The maximum atomic E-state index is 11.6. The lowest BCUT2D eigenvalue weighted by Crippen LogP contribution is -2.25. The molecule has 0 saturated heterocycles. The van der Waals surface area contributed by atoms with Crippen molar-refractivity contribution in [3.8, 4) is 0 Å². The first-order chi connectivity index (χ1) is 8.54. The van der Waals surface area contributed by atoms with E-state index in [2.05, 4.69) is 4.42 Å². The van der Waals surface area contributed by atoms with Gasteiger partial charge in [0, 0.05) is 6.54 Å². The zero-order valence-corrected chi connectivity index (χ0v) is 9.67. The maximum absolute atomic E-state index is 11.6. The fourth-order valence-electron chi connectivity index (χ4n) is 1.79. The second-order valence-electron chi connectivity index (χ2n) is 3.84. The van der Waals surface area contributed by atoms with Gasteiger partial charge >= 0.3 is 17.4 Å². The van der Waals surface area contributed by atoms with E-state index in [0.717, 1.165) is 0 Å². The van der Waals surface area contributed by atoms with Gasteiger partial charge in [-0.15, -0.1) is 0 Å². The van der Waals surface area contributed by atoms with Gasteiger partial charge in [-0.25, -0.2) is 14.4 Å². The molecule has 0 spiro atoms. The Bertz CT molecular complexity index is 725. The fraction of sp³-hybridized carbons (Fsp3) is 0.250. The van der Waals surface area contributed by atoms with Gasteiger partial charge in [0.15, 0.2) is 0 Å². The van der Waals surface area contributed by atoms with Gasteiger partial charge in [-0.2, -0.15) is 0 Å². The molecular formula is C12H11NO5. The third-order valence-electron chi connectivity index (χ3n) is 2.60. The first-order valence-corrected chi connectivity index (χ1v) is 5.45. The van der Waals surface area contributed by atoms with Gasteiger partial charge in [-0.05, 0) is 24.6 Å². The van der Waals surface area contributed by atoms with E-state index >= 15 is 0 Å². The number of carboxylic acid groups (broad SMARTS) is 1. The van der Waals surface area contributed by atoms with Crippen LogP contribution in [-0.4, -0.2) is 15.6 Å². The molecule has 0 radical (unpaired) electrons. The Morgan fingerprint density at radius 2 is 2.11 bits per heavy atom. The average Bonchev–Trinajstić information content (AvgIpc) is 2.33. The Hall–Kier alpha value is -2.37. The molecule has 0 atom stereocenters. The van der Waals surface area contributed by atoms with Crippen molar-refractivity contribution in [3.63, 3.8) is 0 Å². The minimum absolute atomic E-state index is 0.0171. The SMILES string of the molecule is CCCn1c(=O)oc(=O)c2cc(C(=O)O)ccc21. The highest BCUT2D eigenvalue weighted by Crippen LogP contribution is 2.11. The predicted octanol–water partition coefficient (Wildman–Crippen LogP) is 1.06. The van der Waals surface area contributed by atoms with E-state index in [1.165, 1.54) is 22.8 Å². The van der Waals surface area contributed by atoms with Gasteiger partial charge < -0.3 is 9.52 Å². The van der Waals surface area contributed by atoms with Crippen molar-refractivity contribution in [1.82, 2.24) is 4.57 Å². The molecule has 0 aliphatic heterocycles. The second-order valence-corrected chi connectivity index (χ2v) is 3.84. The zero-order valence-electron chi connectivity index (χ0n) is 9.67. The minimum Gasteiger partial charge on any atom is -0.478 e. The van der Waals surface area contributed by atoms with Crippen LogP contribution in [0.2, 0.25) is 0 Å². The lowest BCUT2D eigenvalue weighted by Gasteiger charge is -2.07.